The third-order valence-corrected chi connectivity index (χ3v) is 3.45. The SMILES string of the molecule is CCc1nc(C)c(C(=O)NCc2noc(C3CCCO3)n2)o1. The molecule has 0 bridgehead atoms. The van der Waals surface area contributed by atoms with Crippen LogP contribution in [0.5, 0.6) is 0 Å². The Hall–Kier alpha value is -2.22. The minimum Gasteiger partial charge on any atom is -0.435 e. The first-order valence-electron chi connectivity index (χ1n) is 7.36. The van der Waals surface area contributed by atoms with E-state index in [1.54, 1.807) is 6.92 Å². The van der Waals surface area contributed by atoms with E-state index < -0.39 is 0 Å². The summed E-state index contributed by atoms with van der Waals surface area (Å²) in [5.41, 5.74) is 0.572. The fraction of sp³-hybridized carbons (Fsp3) is 0.571. The molecule has 118 valence electrons. The van der Waals surface area contributed by atoms with Gasteiger partial charge in [-0.05, 0) is 19.8 Å². The molecule has 8 nitrogen and oxygen atoms in total. The summed E-state index contributed by atoms with van der Waals surface area (Å²) in [7, 11) is 0. The molecule has 1 fully saturated rings. The lowest BCUT2D eigenvalue weighted by molar-refractivity contribution is 0.0835. The van der Waals surface area contributed by atoms with E-state index >= 15 is 0 Å². The van der Waals surface area contributed by atoms with Crippen molar-refractivity contribution in [2.75, 3.05) is 6.61 Å². The number of aryl methyl sites for hydroxylation is 2. The Bertz CT molecular complexity index is 658. The van der Waals surface area contributed by atoms with E-state index in [0.29, 0.717) is 36.3 Å². The Balaban J connectivity index is 1.59. The highest BCUT2D eigenvalue weighted by atomic mass is 16.5. The normalized spacial score (nSPS) is 17.8. The molecular weight excluding hydrogens is 288 g/mol. The highest BCUT2D eigenvalue weighted by Gasteiger charge is 2.24. The number of hydrogen-bond acceptors (Lipinski definition) is 7. The minimum absolute atomic E-state index is 0.124. The molecule has 1 amide bonds. The summed E-state index contributed by atoms with van der Waals surface area (Å²) in [5.74, 6) is 1.30. The van der Waals surface area contributed by atoms with Gasteiger partial charge < -0.3 is 19.0 Å². The van der Waals surface area contributed by atoms with Crippen molar-refractivity contribution in [3.05, 3.63) is 29.1 Å². The number of nitrogens with zero attached hydrogens (tertiary/aromatic N) is 3. The molecule has 1 unspecified atom stereocenters. The highest BCUT2D eigenvalue weighted by Crippen LogP contribution is 2.26. The number of ether oxygens (including phenoxy) is 1. The van der Waals surface area contributed by atoms with Gasteiger partial charge in [0.2, 0.25) is 5.76 Å². The van der Waals surface area contributed by atoms with Gasteiger partial charge in [-0.25, -0.2) is 4.98 Å². The fourth-order valence-electron chi connectivity index (χ4n) is 2.30. The Labute approximate surface area is 127 Å². The second-order valence-corrected chi connectivity index (χ2v) is 5.11. The maximum atomic E-state index is 12.1. The van der Waals surface area contributed by atoms with Crippen molar-refractivity contribution < 1.29 is 18.5 Å². The van der Waals surface area contributed by atoms with E-state index in [0.717, 1.165) is 12.8 Å². The van der Waals surface area contributed by atoms with E-state index in [2.05, 4.69) is 20.4 Å². The van der Waals surface area contributed by atoms with Crippen LogP contribution in [0.2, 0.25) is 0 Å². The molecule has 1 atom stereocenters. The van der Waals surface area contributed by atoms with Gasteiger partial charge in [0.15, 0.2) is 11.7 Å². The van der Waals surface area contributed by atoms with Gasteiger partial charge in [0.05, 0.1) is 12.2 Å². The number of aromatic nitrogens is 3. The van der Waals surface area contributed by atoms with Gasteiger partial charge in [-0.3, -0.25) is 4.79 Å². The predicted octanol–water partition coefficient (Wildman–Crippen LogP) is 1.71. The van der Waals surface area contributed by atoms with Crippen LogP contribution < -0.4 is 5.32 Å². The van der Waals surface area contributed by atoms with Crippen molar-refractivity contribution >= 4 is 5.91 Å². The summed E-state index contributed by atoms with van der Waals surface area (Å²) in [5, 5.41) is 6.54. The number of rotatable bonds is 5. The Kier molecular flexibility index (Phi) is 4.19. The molecule has 1 aliphatic heterocycles. The average Bonchev–Trinajstić information content (AvgIpc) is 3.24. The molecule has 8 heteroatoms. The van der Waals surface area contributed by atoms with Crippen LogP contribution in [0.15, 0.2) is 8.94 Å². The Morgan fingerprint density at radius 3 is 2.95 bits per heavy atom. The maximum Gasteiger partial charge on any atom is 0.289 e. The average molecular weight is 306 g/mol. The minimum atomic E-state index is -0.340. The van der Waals surface area contributed by atoms with Gasteiger partial charge >= 0.3 is 0 Å². The van der Waals surface area contributed by atoms with Gasteiger partial charge in [-0.1, -0.05) is 12.1 Å². The summed E-state index contributed by atoms with van der Waals surface area (Å²) in [6.07, 6.45) is 2.39. The lowest BCUT2D eigenvalue weighted by Gasteiger charge is -2.01. The largest absolute Gasteiger partial charge is 0.435 e. The monoisotopic (exact) mass is 306 g/mol. The second-order valence-electron chi connectivity index (χ2n) is 5.11. The van der Waals surface area contributed by atoms with Gasteiger partial charge in [0.25, 0.3) is 11.8 Å². The van der Waals surface area contributed by atoms with E-state index in [1.165, 1.54) is 0 Å². The molecular formula is C14H18N4O4. The molecule has 0 radical (unpaired) electrons. The lowest BCUT2D eigenvalue weighted by atomic mass is 10.2. The summed E-state index contributed by atoms with van der Waals surface area (Å²) in [6.45, 7) is 4.53. The summed E-state index contributed by atoms with van der Waals surface area (Å²) >= 11 is 0. The maximum absolute atomic E-state index is 12.1. The number of oxazole rings is 1. The molecule has 3 heterocycles. The first-order chi connectivity index (χ1) is 10.7. The van der Waals surface area contributed by atoms with E-state index in [9.17, 15) is 4.79 Å². The number of amides is 1. The molecule has 1 saturated heterocycles. The third kappa shape index (κ3) is 3.01. The first-order valence-corrected chi connectivity index (χ1v) is 7.36. The number of carbonyl (C=O) groups excluding carboxylic acids is 1. The fourth-order valence-corrected chi connectivity index (χ4v) is 2.30. The lowest BCUT2D eigenvalue weighted by Crippen LogP contribution is -2.23. The number of carbonyl (C=O) groups is 1. The van der Waals surface area contributed by atoms with Crippen LogP contribution in [0, 0.1) is 6.92 Å². The van der Waals surface area contributed by atoms with Crippen LogP contribution >= 0.6 is 0 Å². The van der Waals surface area contributed by atoms with E-state index in [1.807, 2.05) is 6.92 Å². The van der Waals surface area contributed by atoms with Crippen molar-refractivity contribution in [2.45, 2.75) is 45.8 Å². The Morgan fingerprint density at radius 2 is 2.27 bits per heavy atom. The first kappa shape index (κ1) is 14.7. The number of hydrogen-bond donors (Lipinski definition) is 1. The van der Waals surface area contributed by atoms with Crippen LogP contribution in [0.1, 0.15) is 59.7 Å². The van der Waals surface area contributed by atoms with E-state index in [4.69, 9.17) is 13.7 Å². The summed E-state index contributed by atoms with van der Waals surface area (Å²) in [6, 6.07) is 0. The molecule has 0 aromatic carbocycles. The van der Waals surface area contributed by atoms with Crippen LogP contribution in [-0.4, -0.2) is 27.6 Å². The Morgan fingerprint density at radius 1 is 1.41 bits per heavy atom. The van der Waals surface area contributed by atoms with Crippen LogP contribution in [0.25, 0.3) is 0 Å². The third-order valence-electron chi connectivity index (χ3n) is 3.45. The van der Waals surface area contributed by atoms with Crippen LogP contribution in [-0.2, 0) is 17.7 Å². The molecule has 1 aliphatic rings. The summed E-state index contributed by atoms with van der Waals surface area (Å²) < 4.78 is 16.0. The zero-order valence-electron chi connectivity index (χ0n) is 12.6. The predicted molar refractivity (Wildman–Crippen MR) is 74.0 cm³/mol. The molecule has 22 heavy (non-hydrogen) atoms. The van der Waals surface area contributed by atoms with Gasteiger partial charge in [-0.15, -0.1) is 0 Å². The standard InChI is InChI=1S/C14H18N4O4/c1-3-11-16-8(2)12(21-11)13(19)15-7-10-17-14(22-18-10)9-5-4-6-20-9/h9H,3-7H2,1-2H3,(H,15,19). The van der Waals surface area contributed by atoms with Gasteiger partial charge in [-0.2, -0.15) is 4.98 Å². The van der Waals surface area contributed by atoms with Gasteiger partial charge in [0.1, 0.15) is 6.10 Å². The zero-order chi connectivity index (χ0) is 15.5. The quantitative estimate of drug-likeness (QED) is 0.896. The topological polar surface area (TPSA) is 103 Å². The summed E-state index contributed by atoms with van der Waals surface area (Å²) in [4.78, 5) is 20.5. The van der Waals surface area contributed by atoms with Gasteiger partial charge in [0, 0.05) is 13.0 Å². The van der Waals surface area contributed by atoms with E-state index in [-0.39, 0.29) is 24.3 Å². The number of nitrogens with one attached hydrogen (secondary N) is 1. The van der Waals surface area contributed by atoms with Crippen molar-refractivity contribution in [3.63, 3.8) is 0 Å². The smallest absolute Gasteiger partial charge is 0.289 e. The van der Waals surface area contributed by atoms with Crippen LogP contribution in [0.3, 0.4) is 0 Å². The molecule has 3 rings (SSSR count). The molecule has 0 aliphatic carbocycles. The zero-order valence-corrected chi connectivity index (χ0v) is 12.6. The van der Waals surface area contributed by atoms with Crippen molar-refractivity contribution in [2.24, 2.45) is 0 Å². The molecule has 1 N–H and O–H groups in total. The highest BCUT2D eigenvalue weighted by molar-refractivity contribution is 5.92. The van der Waals surface area contributed by atoms with Crippen molar-refractivity contribution in [1.29, 1.82) is 0 Å². The molecule has 0 saturated carbocycles. The molecule has 2 aromatic heterocycles. The van der Waals surface area contributed by atoms with Crippen LogP contribution in [0.4, 0.5) is 0 Å². The van der Waals surface area contributed by atoms with Crippen molar-refractivity contribution in [1.82, 2.24) is 20.4 Å². The molecule has 0 spiro atoms. The molecule has 2 aromatic rings. The van der Waals surface area contributed by atoms with Crippen molar-refractivity contribution in [3.8, 4) is 0 Å². The second kappa shape index (κ2) is 6.27.